The van der Waals surface area contributed by atoms with Gasteiger partial charge in [0.05, 0.1) is 12.7 Å². The predicted octanol–water partition coefficient (Wildman–Crippen LogP) is 1.72. The van der Waals surface area contributed by atoms with Gasteiger partial charge in [-0.15, -0.1) is 0 Å². The molecule has 1 amide bonds. The van der Waals surface area contributed by atoms with Crippen molar-refractivity contribution in [1.82, 2.24) is 5.32 Å². The third kappa shape index (κ3) is 5.22. The van der Waals surface area contributed by atoms with Crippen LogP contribution in [0.3, 0.4) is 0 Å². The van der Waals surface area contributed by atoms with Gasteiger partial charge in [-0.3, -0.25) is 4.79 Å². The Labute approximate surface area is 125 Å². The third-order valence-corrected chi connectivity index (χ3v) is 3.48. The van der Waals surface area contributed by atoms with Gasteiger partial charge in [0.1, 0.15) is 6.61 Å². The fourth-order valence-electron chi connectivity index (χ4n) is 2.43. The number of amides is 1. The highest BCUT2D eigenvalue weighted by molar-refractivity contribution is 5.94. The maximum Gasteiger partial charge on any atom is 0.251 e. The van der Waals surface area contributed by atoms with E-state index < -0.39 is 0 Å². The van der Waals surface area contributed by atoms with Crippen LogP contribution in [-0.2, 0) is 4.74 Å². The van der Waals surface area contributed by atoms with Crippen molar-refractivity contribution >= 4 is 5.91 Å². The summed E-state index contributed by atoms with van der Waals surface area (Å²) in [6.45, 7) is 0.886. The minimum absolute atomic E-state index is 0.127. The molecule has 1 aliphatic carbocycles. The Morgan fingerprint density at radius 1 is 1.38 bits per heavy atom. The number of carbonyl (C=O) groups is 1. The Morgan fingerprint density at radius 2 is 2.19 bits per heavy atom. The molecule has 1 aliphatic rings. The van der Waals surface area contributed by atoms with Crippen molar-refractivity contribution in [2.45, 2.75) is 31.8 Å². The monoisotopic (exact) mass is 287 g/mol. The van der Waals surface area contributed by atoms with Crippen LogP contribution in [0.2, 0.25) is 0 Å². The van der Waals surface area contributed by atoms with Crippen molar-refractivity contribution in [3.63, 3.8) is 0 Å². The summed E-state index contributed by atoms with van der Waals surface area (Å²) in [5.41, 5.74) is 1.29. The molecule has 1 aromatic carbocycles. The summed E-state index contributed by atoms with van der Waals surface area (Å²) in [4.78, 5) is 12.0. The van der Waals surface area contributed by atoms with E-state index in [2.05, 4.69) is 17.2 Å². The second kappa shape index (κ2) is 8.46. The molecule has 21 heavy (non-hydrogen) atoms. The topological polar surface area (TPSA) is 58.6 Å². The molecular formula is C17H21NO3. The lowest BCUT2D eigenvalue weighted by Gasteiger charge is -2.11. The average molecular weight is 287 g/mol. The number of nitrogens with one attached hydrogen (secondary N) is 1. The lowest BCUT2D eigenvalue weighted by atomic mass is 10.1. The summed E-state index contributed by atoms with van der Waals surface area (Å²) >= 11 is 0. The van der Waals surface area contributed by atoms with Gasteiger partial charge in [0, 0.05) is 17.7 Å². The van der Waals surface area contributed by atoms with Gasteiger partial charge in [-0.25, -0.2) is 0 Å². The Balaban J connectivity index is 1.77. The normalized spacial score (nSPS) is 14.5. The molecule has 4 heteroatoms. The summed E-state index contributed by atoms with van der Waals surface area (Å²) in [7, 11) is 0. The van der Waals surface area contributed by atoms with Gasteiger partial charge < -0.3 is 15.2 Å². The van der Waals surface area contributed by atoms with E-state index in [0.717, 1.165) is 18.4 Å². The molecule has 4 nitrogen and oxygen atoms in total. The van der Waals surface area contributed by atoms with Crippen molar-refractivity contribution in [2.24, 2.45) is 0 Å². The third-order valence-electron chi connectivity index (χ3n) is 3.48. The van der Waals surface area contributed by atoms with E-state index in [9.17, 15) is 4.79 Å². The highest BCUT2D eigenvalue weighted by atomic mass is 16.5. The maximum absolute atomic E-state index is 12.0. The molecule has 1 aromatic rings. The number of aliphatic hydroxyl groups excluding tert-OH is 1. The lowest BCUT2D eigenvalue weighted by Crippen LogP contribution is -2.28. The van der Waals surface area contributed by atoms with Crippen LogP contribution in [0.4, 0.5) is 0 Å². The van der Waals surface area contributed by atoms with Crippen LogP contribution in [0, 0.1) is 11.8 Å². The van der Waals surface area contributed by atoms with Crippen LogP contribution >= 0.6 is 0 Å². The number of ether oxygens (including phenoxy) is 1. The van der Waals surface area contributed by atoms with E-state index in [1.165, 1.54) is 12.8 Å². The molecule has 0 unspecified atom stereocenters. The van der Waals surface area contributed by atoms with E-state index in [1.807, 2.05) is 6.07 Å². The van der Waals surface area contributed by atoms with Crippen LogP contribution < -0.4 is 5.32 Å². The van der Waals surface area contributed by atoms with E-state index in [1.54, 1.807) is 18.2 Å². The van der Waals surface area contributed by atoms with Crippen LogP contribution in [0.25, 0.3) is 0 Å². The first-order chi connectivity index (χ1) is 10.3. The van der Waals surface area contributed by atoms with Crippen LogP contribution in [-0.4, -0.2) is 36.9 Å². The second-order valence-corrected chi connectivity index (χ2v) is 5.07. The maximum atomic E-state index is 12.0. The zero-order chi connectivity index (χ0) is 14.9. The summed E-state index contributed by atoms with van der Waals surface area (Å²) in [5.74, 6) is 5.23. The average Bonchev–Trinajstić information content (AvgIpc) is 3.03. The van der Waals surface area contributed by atoms with Crippen molar-refractivity contribution in [3.05, 3.63) is 35.4 Å². The number of rotatable bonds is 5. The Bertz CT molecular complexity index is 524. The van der Waals surface area contributed by atoms with Crippen molar-refractivity contribution in [3.8, 4) is 11.8 Å². The first kappa shape index (κ1) is 15.6. The number of benzene rings is 1. The zero-order valence-electron chi connectivity index (χ0n) is 12.1. The molecule has 0 radical (unpaired) electrons. The van der Waals surface area contributed by atoms with Crippen molar-refractivity contribution in [2.75, 3.05) is 19.8 Å². The molecule has 0 heterocycles. The summed E-state index contributed by atoms with van der Waals surface area (Å²) < 4.78 is 5.70. The molecular weight excluding hydrogens is 266 g/mol. The Hall–Kier alpha value is -1.83. The zero-order valence-corrected chi connectivity index (χ0v) is 12.1. The summed E-state index contributed by atoms with van der Waals surface area (Å²) in [6.07, 6.45) is 5.15. The molecule has 0 spiro atoms. The lowest BCUT2D eigenvalue weighted by molar-refractivity contribution is 0.0582. The molecule has 0 aromatic heterocycles. The second-order valence-electron chi connectivity index (χ2n) is 5.07. The molecule has 0 saturated heterocycles. The van der Waals surface area contributed by atoms with Crippen molar-refractivity contribution in [1.29, 1.82) is 0 Å². The molecule has 2 rings (SSSR count). The van der Waals surface area contributed by atoms with Gasteiger partial charge in [-0.05, 0) is 31.0 Å². The van der Waals surface area contributed by atoms with Crippen LogP contribution in [0.15, 0.2) is 24.3 Å². The SMILES string of the molecule is O=C(NCCOC1CCCC1)c1cccc(C#CCO)c1. The number of aliphatic hydroxyl groups is 1. The first-order valence-corrected chi connectivity index (χ1v) is 7.39. The van der Waals surface area contributed by atoms with Gasteiger partial charge in [0.25, 0.3) is 5.91 Å². The van der Waals surface area contributed by atoms with E-state index in [-0.39, 0.29) is 12.5 Å². The van der Waals surface area contributed by atoms with E-state index in [0.29, 0.717) is 24.8 Å². The highest BCUT2D eigenvalue weighted by Crippen LogP contribution is 2.20. The summed E-state index contributed by atoms with van der Waals surface area (Å²) in [5, 5.41) is 11.5. The molecule has 2 N–H and O–H groups in total. The van der Waals surface area contributed by atoms with E-state index in [4.69, 9.17) is 9.84 Å². The highest BCUT2D eigenvalue weighted by Gasteiger charge is 2.14. The van der Waals surface area contributed by atoms with E-state index >= 15 is 0 Å². The van der Waals surface area contributed by atoms with Gasteiger partial charge in [0.2, 0.25) is 0 Å². The molecule has 112 valence electrons. The molecule has 1 saturated carbocycles. The minimum Gasteiger partial charge on any atom is -0.384 e. The molecule has 0 bridgehead atoms. The molecule has 1 fully saturated rings. The number of hydrogen-bond donors (Lipinski definition) is 2. The van der Waals surface area contributed by atoms with Crippen LogP contribution in [0.5, 0.6) is 0 Å². The van der Waals surface area contributed by atoms with Gasteiger partial charge in [-0.2, -0.15) is 0 Å². The summed E-state index contributed by atoms with van der Waals surface area (Å²) in [6, 6.07) is 7.06. The number of carbonyl (C=O) groups excluding carboxylic acids is 1. The van der Waals surface area contributed by atoms with Crippen LogP contribution in [0.1, 0.15) is 41.6 Å². The molecule has 0 atom stereocenters. The standard InChI is InChI=1S/C17H21NO3/c19-11-4-6-14-5-3-7-15(13-14)17(20)18-10-12-21-16-8-1-2-9-16/h3,5,7,13,16,19H,1-2,8-12H2,(H,18,20). The minimum atomic E-state index is -0.186. The predicted molar refractivity (Wildman–Crippen MR) is 80.9 cm³/mol. The fraction of sp³-hybridized carbons (Fsp3) is 0.471. The smallest absolute Gasteiger partial charge is 0.251 e. The quantitative estimate of drug-likeness (QED) is 0.640. The van der Waals surface area contributed by atoms with Gasteiger partial charge >= 0.3 is 0 Å². The fourth-order valence-corrected chi connectivity index (χ4v) is 2.43. The van der Waals surface area contributed by atoms with Gasteiger partial charge in [0.15, 0.2) is 0 Å². The Morgan fingerprint density at radius 3 is 2.95 bits per heavy atom. The molecule has 0 aliphatic heterocycles. The van der Waals surface area contributed by atoms with Gasteiger partial charge in [-0.1, -0.05) is 30.7 Å². The Kier molecular flexibility index (Phi) is 6.26. The number of hydrogen-bond acceptors (Lipinski definition) is 3. The largest absolute Gasteiger partial charge is 0.384 e. The first-order valence-electron chi connectivity index (χ1n) is 7.39. The van der Waals surface area contributed by atoms with Crippen molar-refractivity contribution < 1.29 is 14.6 Å².